The number of rotatable bonds is 43. The van der Waals surface area contributed by atoms with Crippen molar-refractivity contribution in [1.29, 1.82) is 0 Å². The molecule has 0 saturated heterocycles. The number of unbranched alkanes of at least 4 members (excludes halogenated alkanes) is 15. The van der Waals surface area contributed by atoms with Gasteiger partial charge in [-0.2, -0.15) is 0 Å². The number of aliphatic hydroxyl groups is 1. The third kappa shape index (κ3) is 42.7. The Kier molecular flexibility index (Phi) is 43.5. The van der Waals surface area contributed by atoms with Gasteiger partial charge in [-0.25, -0.2) is 4.79 Å². The van der Waals surface area contributed by atoms with Crippen LogP contribution in [0.4, 0.5) is 0 Å². The van der Waals surface area contributed by atoms with Crippen LogP contribution in [0.5, 0.6) is 0 Å². The van der Waals surface area contributed by atoms with Gasteiger partial charge in [0.15, 0.2) is 0 Å². The zero-order valence-corrected chi connectivity index (χ0v) is 39.1. The third-order valence-electron chi connectivity index (χ3n) is 10.4. The first-order chi connectivity index (χ1) is 30.3. The summed E-state index contributed by atoms with van der Waals surface area (Å²) in [6, 6.07) is -1.39. The molecular formula is C53H88N2O7. The number of ether oxygens (including phenoxy) is 1. The molecule has 0 bridgehead atoms. The lowest BCUT2D eigenvalue weighted by molar-refractivity contribution is -0.150. The highest BCUT2D eigenvalue weighted by atomic mass is 16.5. The van der Waals surface area contributed by atoms with Crippen molar-refractivity contribution >= 4 is 23.8 Å². The zero-order valence-electron chi connectivity index (χ0n) is 39.1. The van der Waals surface area contributed by atoms with Crippen LogP contribution in [0.3, 0.4) is 0 Å². The molecule has 62 heavy (non-hydrogen) atoms. The van der Waals surface area contributed by atoms with Crippen molar-refractivity contribution in [2.24, 2.45) is 0 Å². The number of aliphatic hydroxyl groups excluding tert-OH is 1. The maximum atomic E-state index is 12.8. The summed E-state index contributed by atoms with van der Waals surface area (Å²) < 4.78 is 6.02. The molecule has 0 heterocycles. The normalized spacial score (nSPS) is 13.2. The summed E-state index contributed by atoms with van der Waals surface area (Å²) in [6.07, 6.45) is 60.4. The molecule has 2 amide bonds. The fourth-order valence-electron chi connectivity index (χ4n) is 6.66. The molecule has 0 aromatic rings. The molecule has 2 atom stereocenters. The fourth-order valence-corrected chi connectivity index (χ4v) is 6.66. The minimum Gasteiger partial charge on any atom is -0.480 e. The van der Waals surface area contributed by atoms with Crippen LogP contribution in [-0.2, 0) is 23.9 Å². The average molecular weight is 865 g/mol. The number of hydrogen-bond acceptors (Lipinski definition) is 6. The molecule has 0 spiro atoms. The first-order valence-electron chi connectivity index (χ1n) is 24.5. The number of carboxylic acid groups (broad SMARTS) is 1. The molecule has 9 heteroatoms. The second kappa shape index (κ2) is 46.5. The van der Waals surface area contributed by atoms with Gasteiger partial charge in [0, 0.05) is 12.8 Å². The lowest BCUT2D eigenvalue weighted by Gasteiger charge is -2.18. The van der Waals surface area contributed by atoms with Gasteiger partial charge in [0.2, 0.25) is 11.8 Å². The number of nitrogens with one attached hydrogen (secondary N) is 2. The van der Waals surface area contributed by atoms with Gasteiger partial charge in [-0.15, -0.1) is 0 Å². The maximum Gasteiger partial charge on any atom is 0.328 e. The molecule has 0 aromatic heterocycles. The molecule has 0 fully saturated rings. The molecule has 0 aliphatic rings. The predicted octanol–water partition coefficient (Wildman–Crippen LogP) is 12.8. The van der Waals surface area contributed by atoms with E-state index in [0.717, 1.165) is 122 Å². The average Bonchev–Trinajstić information content (AvgIpc) is 3.26. The molecule has 4 N–H and O–H groups in total. The number of allylic oxidation sites excluding steroid dienone is 14. The summed E-state index contributed by atoms with van der Waals surface area (Å²) in [4.78, 5) is 47.7. The highest BCUT2D eigenvalue weighted by Crippen LogP contribution is 2.18. The Balaban J connectivity index is 4.30. The minimum atomic E-state index is -1.39. The number of amides is 2. The molecule has 0 aliphatic carbocycles. The molecule has 2 unspecified atom stereocenters. The third-order valence-corrected chi connectivity index (χ3v) is 10.4. The summed E-state index contributed by atoms with van der Waals surface area (Å²) in [7, 11) is 0. The highest BCUT2D eigenvalue weighted by molar-refractivity contribution is 5.87. The van der Waals surface area contributed by atoms with E-state index in [-0.39, 0.29) is 30.9 Å². The zero-order chi connectivity index (χ0) is 45.4. The number of aliphatic carboxylic acids is 1. The quantitative estimate of drug-likeness (QED) is 0.0272. The van der Waals surface area contributed by atoms with E-state index < -0.39 is 24.5 Å². The molecule has 0 rings (SSSR count). The number of hydrogen-bond donors (Lipinski definition) is 4. The Labute approximate surface area is 377 Å². The van der Waals surface area contributed by atoms with Crippen molar-refractivity contribution in [3.05, 3.63) is 85.1 Å². The van der Waals surface area contributed by atoms with Crippen molar-refractivity contribution in [3.8, 4) is 0 Å². The van der Waals surface area contributed by atoms with Gasteiger partial charge in [-0.1, -0.05) is 163 Å². The largest absolute Gasteiger partial charge is 0.480 e. The second-order valence-electron chi connectivity index (χ2n) is 16.2. The summed E-state index contributed by atoms with van der Waals surface area (Å²) in [5.74, 6) is -2.35. The SMILES string of the molecule is CC/C=C\C/C=C\C/C=C\C/C=C\C/C=C\CCCCCCCCCC(=O)OC(CCC/C=C\C/C=C\CCCCC)CCCCCCCC(=O)NCC(=O)NC(CO)C(=O)O. The van der Waals surface area contributed by atoms with Crippen molar-refractivity contribution in [2.75, 3.05) is 13.2 Å². The van der Waals surface area contributed by atoms with Crippen LogP contribution in [0.1, 0.15) is 200 Å². The topological polar surface area (TPSA) is 142 Å². The predicted molar refractivity (Wildman–Crippen MR) is 259 cm³/mol. The van der Waals surface area contributed by atoms with Crippen LogP contribution < -0.4 is 10.6 Å². The van der Waals surface area contributed by atoms with Crippen LogP contribution in [0.25, 0.3) is 0 Å². The highest BCUT2D eigenvalue weighted by Gasteiger charge is 2.19. The maximum absolute atomic E-state index is 12.8. The number of esters is 1. The van der Waals surface area contributed by atoms with Crippen molar-refractivity contribution < 1.29 is 34.1 Å². The Morgan fingerprint density at radius 3 is 1.45 bits per heavy atom. The second-order valence-corrected chi connectivity index (χ2v) is 16.2. The minimum absolute atomic E-state index is 0.0687. The Bertz CT molecular complexity index is 1310. The fraction of sp³-hybridized carbons (Fsp3) is 0.660. The molecule has 9 nitrogen and oxygen atoms in total. The van der Waals surface area contributed by atoms with Crippen LogP contribution in [0, 0.1) is 0 Å². The molecule has 0 radical (unpaired) electrons. The lowest BCUT2D eigenvalue weighted by atomic mass is 10.0. The summed E-state index contributed by atoms with van der Waals surface area (Å²) in [5.41, 5.74) is 0. The van der Waals surface area contributed by atoms with Crippen LogP contribution >= 0.6 is 0 Å². The van der Waals surface area contributed by atoms with Gasteiger partial charge < -0.3 is 25.6 Å². The first-order valence-corrected chi connectivity index (χ1v) is 24.5. The van der Waals surface area contributed by atoms with Gasteiger partial charge >= 0.3 is 11.9 Å². The molecule has 0 aliphatic heterocycles. The molecule has 0 aromatic carbocycles. The van der Waals surface area contributed by atoms with E-state index in [1.54, 1.807) is 0 Å². The smallest absolute Gasteiger partial charge is 0.328 e. The molecular weight excluding hydrogens is 777 g/mol. The van der Waals surface area contributed by atoms with Gasteiger partial charge in [0.25, 0.3) is 0 Å². The van der Waals surface area contributed by atoms with Crippen LogP contribution in [0.15, 0.2) is 85.1 Å². The van der Waals surface area contributed by atoms with Gasteiger partial charge in [-0.05, 0) is 109 Å². The monoisotopic (exact) mass is 865 g/mol. The number of carbonyl (C=O) groups excluding carboxylic acids is 3. The first kappa shape index (κ1) is 58.0. The Morgan fingerprint density at radius 1 is 0.500 bits per heavy atom. The van der Waals surface area contributed by atoms with Crippen LogP contribution in [0.2, 0.25) is 0 Å². The van der Waals surface area contributed by atoms with Gasteiger partial charge in [0.05, 0.1) is 13.2 Å². The standard InChI is InChI=1S/C53H88N2O7/c1-3-5-7-9-11-13-15-16-17-18-19-20-21-22-23-24-25-26-28-30-32-37-41-45-52(59)62-48(42-38-34-31-29-27-14-12-10-8-6-4-2)43-39-35-33-36-40-44-50(57)54-46-51(58)55-49(47-56)53(60)61/h5,7,11-14,16-17,19-20,22-23,29,31,48-49,56H,3-4,6,8-10,15,18,21,24-28,30,32-47H2,1-2H3,(H,54,57)(H,55,58)(H,60,61)/b7-5-,13-11-,14-12-,17-16-,20-19-,23-22-,31-29-. The number of carboxylic acids is 1. The molecule has 352 valence electrons. The molecule has 0 saturated carbocycles. The summed E-state index contributed by atoms with van der Waals surface area (Å²) >= 11 is 0. The van der Waals surface area contributed by atoms with Crippen LogP contribution in [-0.4, -0.2) is 59.3 Å². The van der Waals surface area contributed by atoms with E-state index >= 15 is 0 Å². The van der Waals surface area contributed by atoms with E-state index in [4.69, 9.17) is 14.9 Å². The number of carbonyl (C=O) groups is 4. The van der Waals surface area contributed by atoms with E-state index in [1.807, 2.05) is 0 Å². The van der Waals surface area contributed by atoms with Crippen molar-refractivity contribution in [3.63, 3.8) is 0 Å². The van der Waals surface area contributed by atoms with E-state index in [0.29, 0.717) is 12.8 Å². The lowest BCUT2D eigenvalue weighted by Crippen LogP contribution is -2.47. The van der Waals surface area contributed by atoms with E-state index in [9.17, 15) is 19.2 Å². The summed E-state index contributed by atoms with van der Waals surface area (Å²) in [5, 5.41) is 22.6. The Morgan fingerprint density at radius 2 is 0.935 bits per heavy atom. The Hall–Kier alpha value is -3.98. The van der Waals surface area contributed by atoms with Gasteiger partial charge in [0.1, 0.15) is 12.1 Å². The van der Waals surface area contributed by atoms with E-state index in [2.05, 4.69) is 110 Å². The van der Waals surface area contributed by atoms with Crippen molar-refractivity contribution in [1.82, 2.24) is 10.6 Å². The van der Waals surface area contributed by atoms with E-state index in [1.165, 1.54) is 44.9 Å². The van der Waals surface area contributed by atoms with Gasteiger partial charge in [-0.3, -0.25) is 14.4 Å². The summed E-state index contributed by atoms with van der Waals surface area (Å²) in [6.45, 7) is 3.33. The van der Waals surface area contributed by atoms with Crippen molar-refractivity contribution in [2.45, 2.75) is 212 Å².